The van der Waals surface area contributed by atoms with Gasteiger partial charge in [0.05, 0.1) is 0 Å². The lowest BCUT2D eigenvalue weighted by Crippen LogP contribution is -2.32. The molecule has 0 amide bonds. The zero-order chi connectivity index (χ0) is 13.7. The first-order chi connectivity index (χ1) is 9.19. The number of rotatable bonds is 7. The van der Waals surface area contributed by atoms with Gasteiger partial charge >= 0.3 is 0 Å². The number of aliphatic hydroxyl groups is 1. The molecule has 106 valence electrons. The van der Waals surface area contributed by atoms with Gasteiger partial charge in [-0.05, 0) is 51.4 Å². The van der Waals surface area contributed by atoms with Crippen molar-refractivity contribution in [3.63, 3.8) is 0 Å². The summed E-state index contributed by atoms with van der Waals surface area (Å²) in [5.41, 5.74) is 2.65. The SMILES string of the molecule is Cc1ccc2c(c1)CC(CN(C)CCCCCO)O2. The number of unbranched alkanes of at least 4 members (excludes halogenated alkanes) is 2. The maximum Gasteiger partial charge on any atom is 0.123 e. The Labute approximate surface area is 116 Å². The summed E-state index contributed by atoms with van der Waals surface area (Å²) in [6.07, 6.45) is 4.48. The lowest BCUT2D eigenvalue weighted by molar-refractivity contribution is 0.166. The van der Waals surface area contributed by atoms with E-state index in [2.05, 4.69) is 37.1 Å². The predicted octanol–water partition coefficient (Wildman–Crippen LogP) is 2.39. The molecule has 1 atom stereocenters. The van der Waals surface area contributed by atoms with Crippen LogP contribution in [0.5, 0.6) is 5.75 Å². The molecule has 0 aliphatic carbocycles. The van der Waals surface area contributed by atoms with E-state index in [-0.39, 0.29) is 0 Å². The number of hydrogen-bond donors (Lipinski definition) is 1. The van der Waals surface area contributed by atoms with Gasteiger partial charge in [-0.3, -0.25) is 0 Å². The number of benzene rings is 1. The molecule has 1 N–H and O–H groups in total. The molecule has 1 aromatic carbocycles. The van der Waals surface area contributed by atoms with E-state index in [9.17, 15) is 0 Å². The zero-order valence-corrected chi connectivity index (χ0v) is 12.1. The van der Waals surface area contributed by atoms with Gasteiger partial charge in [0, 0.05) is 19.6 Å². The first-order valence-corrected chi connectivity index (χ1v) is 7.24. The fourth-order valence-corrected chi connectivity index (χ4v) is 2.66. The van der Waals surface area contributed by atoms with E-state index in [1.54, 1.807) is 0 Å². The molecule has 2 rings (SSSR count). The van der Waals surface area contributed by atoms with Crippen LogP contribution in [0.25, 0.3) is 0 Å². The summed E-state index contributed by atoms with van der Waals surface area (Å²) >= 11 is 0. The van der Waals surface area contributed by atoms with Gasteiger partial charge in [-0.2, -0.15) is 0 Å². The summed E-state index contributed by atoms with van der Waals surface area (Å²) in [6, 6.07) is 6.43. The van der Waals surface area contributed by atoms with E-state index in [0.717, 1.165) is 44.5 Å². The van der Waals surface area contributed by atoms with E-state index >= 15 is 0 Å². The number of nitrogens with zero attached hydrogens (tertiary/aromatic N) is 1. The lowest BCUT2D eigenvalue weighted by atomic mass is 10.1. The Hall–Kier alpha value is -1.06. The van der Waals surface area contributed by atoms with Gasteiger partial charge in [-0.1, -0.05) is 17.7 Å². The molecule has 1 aliphatic rings. The second-order valence-electron chi connectivity index (χ2n) is 5.60. The summed E-state index contributed by atoms with van der Waals surface area (Å²) < 4.78 is 5.98. The highest BCUT2D eigenvalue weighted by atomic mass is 16.5. The quantitative estimate of drug-likeness (QED) is 0.767. The lowest BCUT2D eigenvalue weighted by Gasteiger charge is -2.20. The van der Waals surface area contributed by atoms with Gasteiger partial charge in [0.25, 0.3) is 0 Å². The van der Waals surface area contributed by atoms with Gasteiger partial charge in [-0.15, -0.1) is 0 Å². The van der Waals surface area contributed by atoms with Gasteiger partial charge < -0.3 is 14.7 Å². The number of fused-ring (bicyclic) bond motifs is 1. The van der Waals surface area contributed by atoms with Gasteiger partial charge in [-0.25, -0.2) is 0 Å². The Bertz CT molecular complexity index is 406. The summed E-state index contributed by atoms with van der Waals surface area (Å²) in [6.45, 7) is 4.49. The van der Waals surface area contributed by atoms with E-state index in [1.807, 2.05) is 0 Å². The molecule has 0 fully saturated rings. The van der Waals surface area contributed by atoms with Gasteiger partial charge in [0.1, 0.15) is 11.9 Å². The Morgan fingerprint density at radius 3 is 2.95 bits per heavy atom. The minimum Gasteiger partial charge on any atom is -0.488 e. The molecule has 1 aromatic rings. The molecule has 3 heteroatoms. The van der Waals surface area contributed by atoms with Gasteiger partial charge in [0.15, 0.2) is 0 Å². The van der Waals surface area contributed by atoms with Crippen molar-refractivity contribution in [2.75, 3.05) is 26.7 Å². The molecule has 0 aromatic heterocycles. The van der Waals surface area contributed by atoms with Crippen LogP contribution < -0.4 is 4.74 Å². The fraction of sp³-hybridized carbons (Fsp3) is 0.625. The zero-order valence-electron chi connectivity index (χ0n) is 12.1. The molecule has 0 saturated heterocycles. The second-order valence-corrected chi connectivity index (χ2v) is 5.60. The van der Waals surface area contributed by atoms with E-state index in [1.165, 1.54) is 11.1 Å². The molecule has 19 heavy (non-hydrogen) atoms. The Balaban J connectivity index is 1.74. The van der Waals surface area contributed by atoms with Crippen LogP contribution in [0.1, 0.15) is 30.4 Å². The normalized spacial score (nSPS) is 17.6. The highest BCUT2D eigenvalue weighted by molar-refractivity contribution is 5.40. The second kappa shape index (κ2) is 6.92. The van der Waals surface area contributed by atoms with Crippen molar-refractivity contribution in [2.45, 2.75) is 38.7 Å². The van der Waals surface area contributed by atoms with E-state index < -0.39 is 0 Å². The number of ether oxygens (including phenoxy) is 1. The van der Waals surface area contributed by atoms with Crippen LogP contribution in [0.15, 0.2) is 18.2 Å². The third-order valence-corrected chi connectivity index (χ3v) is 3.67. The molecule has 0 bridgehead atoms. The highest BCUT2D eigenvalue weighted by Gasteiger charge is 2.23. The fourth-order valence-electron chi connectivity index (χ4n) is 2.66. The first-order valence-electron chi connectivity index (χ1n) is 7.24. The van der Waals surface area contributed by atoms with Crippen LogP contribution in [0.2, 0.25) is 0 Å². The average molecular weight is 263 g/mol. The Kier molecular flexibility index (Phi) is 5.23. The van der Waals surface area contributed by atoms with E-state index in [0.29, 0.717) is 12.7 Å². The standard InChI is InChI=1S/C16H25NO2/c1-13-6-7-16-14(10-13)11-15(19-16)12-17(2)8-4-3-5-9-18/h6-7,10,15,18H,3-5,8-9,11-12H2,1-2H3. The van der Waals surface area contributed by atoms with Crippen molar-refractivity contribution in [3.8, 4) is 5.75 Å². The summed E-state index contributed by atoms with van der Waals surface area (Å²) in [7, 11) is 2.15. The van der Waals surface area contributed by atoms with Crippen molar-refractivity contribution in [1.82, 2.24) is 4.90 Å². The van der Waals surface area contributed by atoms with Crippen LogP contribution in [0.4, 0.5) is 0 Å². The number of aryl methyl sites for hydroxylation is 1. The monoisotopic (exact) mass is 263 g/mol. The number of aliphatic hydroxyl groups excluding tert-OH is 1. The van der Waals surface area contributed by atoms with Crippen molar-refractivity contribution in [1.29, 1.82) is 0 Å². The first kappa shape index (κ1) is 14.4. The molecule has 0 spiro atoms. The summed E-state index contributed by atoms with van der Waals surface area (Å²) in [4.78, 5) is 2.33. The molecule has 0 saturated carbocycles. The number of likely N-dealkylation sites (N-methyl/N-ethyl adjacent to an activating group) is 1. The van der Waals surface area contributed by atoms with Crippen LogP contribution in [-0.2, 0) is 6.42 Å². The third-order valence-electron chi connectivity index (χ3n) is 3.67. The van der Waals surface area contributed by atoms with Crippen molar-refractivity contribution < 1.29 is 9.84 Å². The molecule has 1 heterocycles. The van der Waals surface area contributed by atoms with Crippen LogP contribution in [-0.4, -0.2) is 42.9 Å². The number of hydrogen-bond acceptors (Lipinski definition) is 3. The molecular weight excluding hydrogens is 238 g/mol. The highest BCUT2D eigenvalue weighted by Crippen LogP contribution is 2.29. The maximum atomic E-state index is 8.75. The van der Waals surface area contributed by atoms with Crippen LogP contribution >= 0.6 is 0 Å². The maximum absolute atomic E-state index is 8.75. The Morgan fingerprint density at radius 2 is 2.16 bits per heavy atom. The molecular formula is C16H25NO2. The van der Waals surface area contributed by atoms with Crippen LogP contribution in [0.3, 0.4) is 0 Å². The third kappa shape index (κ3) is 4.22. The summed E-state index contributed by atoms with van der Waals surface area (Å²) in [5, 5.41) is 8.75. The predicted molar refractivity (Wildman–Crippen MR) is 77.7 cm³/mol. The van der Waals surface area contributed by atoms with Crippen molar-refractivity contribution >= 4 is 0 Å². The minimum absolute atomic E-state index is 0.291. The average Bonchev–Trinajstić information content (AvgIpc) is 2.76. The molecule has 1 unspecified atom stereocenters. The Morgan fingerprint density at radius 1 is 1.32 bits per heavy atom. The summed E-state index contributed by atoms with van der Waals surface area (Å²) in [5.74, 6) is 1.06. The smallest absolute Gasteiger partial charge is 0.123 e. The molecule has 0 radical (unpaired) electrons. The van der Waals surface area contributed by atoms with Gasteiger partial charge in [0.2, 0.25) is 0 Å². The molecule has 1 aliphatic heterocycles. The van der Waals surface area contributed by atoms with E-state index in [4.69, 9.17) is 9.84 Å². The topological polar surface area (TPSA) is 32.7 Å². The minimum atomic E-state index is 0.291. The van der Waals surface area contributed by atoms with Crippen LogP contribution in [0, 0.1) is 6.92 Å². The molecule has 3 nitrogen and oxygen atoms in total. The van der Waals surface area contributed by atoms with Crippen molar-refractivity contribution in [3.05, 3.63) is 29.3 Å². The van der Waals surface area contributed by atoms with Crippen molar-refractivity contribution in [2.24, 2.45) is 0 Å². The largest absolute Gasteiger partial charge is 0.488 e.